The fraction of sp³-hybridized carbons (Fsp3) is 0.632. The lowest BCUT2D eigenvalue weighted by molar-refractivity contribution is -0.166. The molecule has 1 atom stereocenters. The largest absolute Gasteiger partial charge is 0.462 e. The first kappa shape index (κ1) is 59.1. The Kier molecular flexibility index (Phi) is 47.5. The minimum Gasteiger partial charge on any atom is -0.462 e. The highest BCUT2D eigenvalue weighted by molar-refractivity contribution is 5.71. The van der Waals surface area contributed by atoms with Gasteiger partial charge < -0.3 is 14.2 Å². The van der Waals surface area contributed by atoms with Crippen LogP contribution >= 0.6 is 0 Å². The van der Waals surface area contributed by atoms with Gasteiger partial charge in [0.2, 0.25) is 0 Å². The summed E-state index contributed by atoms with van der Waals surface area (Å²) < 4.78 is 16.7. The molecule has 0 heterocycles. The minimum absolute atomic E-state index is 0.121. The van der Waals surface area contributed by atoms with Crippen LogP contribution in [0.5, 0.6) is 0 Å². The highest BCUT2D eigenvalue weighted by atomic mass is 16.6. The zero-order valence-electron chi connectivity index (χ0n) is 40.5. The summed E-state index contributed by atoms with van der Waals surface area (Å²) in [4.78, 5) is 37.9. The SMILES string of the molecule is CC/C=C\C/C=C\C/C=C\C/C=C\C/C=C\CCC(=O)OC(COC(=O)CCCCCCC\C=C/C=C\C=C/CCCCCCC)COC(=O)CCCCCCC/C=C\CCCC. The van der Waals surface area contributed by atoms with Gasteiger partial charge >= 0.3 is 17.9 Å². The van der Waals surface area contributed by atoms with E-state index in [9.17, 15) is 14.4 Å². The molecule has 1 unspecified atom stereocenters. The summed E-state index contributed by atoms with van der Waals surface area (Å²) in [7, 11) is 0. The average molecular weight is 873 g/mol. The van der Waals surface area contributed by atoms with Crippen LogP contribution in [0, 0.1) is 0 Å². The molecule has 0 radical (unpaired) electrons. The molecule has 0 aromatic carbocycles. The van der Waals surface area contributed by atoms with E-state index < -0.39 is 12.1 Å². The van der Waals surface area contributed by atoms with Gasteiger partial charge in [0.25, 0.3) is 0 Å². The molecule has 356 valence electrons. The lowest BCUT2D eigenvalue weighted by Crippen LogP contribution is -2.30. The van der Waals surface area contributed by atoms with Crippen molar-refractivity contribution in [2.75, 3.05) is 13.2 Å². The monoisotopic (exact) mass is 873 g/mol. The standard InChI is InChI=1S/C57H92O6/c1-4-7-10-13-16-19-22-24-26-28-29-31-32-35-38-41-44-47-50-56(59)62-53-54(52-61-55(58)49-46-43-40-37-34-21-18-15-12-9-6-3)63-57(60)51-48-45-42-39-36-33-30-27-25-23-20-17-14-11-8-5-2/h8,11,15,17-18,20,22,24-29,31,33,36,42,45,54H,4-7,9-10,12-14,16,19,21,23,30,32,34-35,37-41,43-44,46-53H2,1-3H3/b11-8-,18-15-,20-17-,24-22-,27-25-,28-26-,31-29-,36-33-,45-42-. The van der Waals surface area contributed by atoms with Crippen LogP contribution in [-0.2, 0) is 28.6 Å². The van der Waals surface area contributed by atoms with E-state index in [1.54, 1.807) is 0 Å². The summed E-state index contributed by atoms with van der Waals surface area (Å²) in [5.74, 6) is -1.04. The number of unbranched alkanes of at least 4 members (excludes halogenated alkanes) is 17. The minimum atomic E-state index is -0.830. The van der Waals surface area contributed by atoms with Crippen LogP contribution in [0.25, 0.3) is 0 Å². The van der Waals surface area contributed by atoms with E-state index in [0.717, 1.165) is 109 Å². The fourth-order valence-electron chi connectivity index (χ4n) is 6.47. The van der Waals surface area contributed by atoms with Crippen LogP contribution in [0.4, 0.5) is 0 Å². The van der Waals surface area contributed by atoms with E-state index in [1.807, 2.05) is 12.2 Å². The average Bonchev–Trinajstić information content (AvgIpc) is 3.28. The molecule has 0 aliphatic heterocycles. The van der Waals surface area contributed by atoms with E-state index in [0.29, 0.717) is 19.3 Å². The summed E-state index contributed by atoms with van der Waals surface area (Å²) in [6, 6.07) is 0. The van der Waals surface area contributed by atoms with E-state index in [-0.39, 0.29) is 31.6 Å². The Morgan fingerprint density at radius 2 is 0.730 bits per heavy atom. The van der Waals surface area contributed by atoms with E-state index >= 15 is 0 Å². The molecule has 0 aliphatic rings. The molecule has 63 heavy (non-hydrogen) atoms. The molecule has 0 aromatic heterocycles. The van der Waals surface area contributed by atoms with Gasteiger partial charge in [-0.2, -0.15) is 0 Å². The van der Waals surface area contributed by atoms with Gasteiger partial charge in [0.05, 0.1) is 0 Å². The van der Waals surface area contributed by atoms with Gasteiger partial charge in [-0.05, 0) is 96.3 Å². The van der Waals surface area contributed by atoms with Gasteiger partial charge in [-0.1, -0.05) is 207 Å². The molecule has 0 fully saturated rings. The molecule has 0 rings (SSSR count). The third-order valence-corrected chi connectivity index (χ3v) is 10.3. The first-order valence-electron chi connectivity index (χ1n) is 25.4. The zero-order chi connectivity index (χ0) is 45.8. The van der Waals surface area contributed by atoms with Crippen molar-refractivity contribution in [1.82, 2.24) is 0 Å². The van der Waals surface area contributed by atoms with Crippen molar-refractivity contribution in [3.63, 3.8) is 0 Å². The van der Waals surface area contributed by atoms with Crippen molar-refractivity contribution in [1.29, 1.82) is 0 Å². The molecular weight excluding hydrogens is 781 g/mol. The Bertz CT molecular complexity index is 1330. The molecule has 0 bridgehead atoms. The van der Waals surface area contributed by atoms with Crippen LogP contribution < -0.4 is 0 Å². The topological polar surface area (TPSA) is 78.9 Å². The smallest absolute Gasteiger partial charge is 0.306 e. The summed E-state index contributed by atoms with van der Waals surface area (Å²) >= 11 is 0. The molecule has 0 saturated heterocycles. The number of rotatable bonds is 44. The summed E-state index contributed by atoms with van der Waals surface area (Å²) in [5, 5.41) is 0. The number of esters is 3. The van der Waals surface area contributed by atoms with Gasteiger partial charge in [-0.25, -0.2) is 0 Å². The van der Waals surface area contributed by atoms with Gasteiger partial charge in [-0.15, -0.1) is 0 Å². The maximum absolute atomic E-state index is 12.7. The number of ether oxygens (including phenoxy) is 3. The molecule has 6 nitrogen and oxygen atoms in total. The highest BCUT2D eigenvalue weighted by Gasteiger charge is 2.19. The van der Waals surface area contributed by atoms with Gasteiger partial charge in [-0.3, -0.25) is 14.4 Å². The number of hydrogen-bond acceptors (Lipinski definition) is 6. The molecule has 0 aromatic rings. The predicted molar refractivity (Wildman–Crippen MR) is 270 cm³/mol. The Morgan fingerprint density at radius 1 is 0.349 bits per heavy atom. The van der Waals surface area contributed by atoms with Crippen molar-refractivity contribution >= 4 is 17.9 Å². The predicted octanol–water partition coefficient (Wildman–Crippen LogP) is 16.8. The molecule has 0 saturated carbocycles. The van der Waals surface area contributed by atoms with Gasteiger partial charge in [0.15, 0.2) is 6.10 Å². The Morgan fingerprint density at radius 3 is 1.21 bits per heavy atom. The maximum atomic E-state index is 12.7. The summed E-state index contributed by atoms with van der Waals surface area (Å²) in [6.45, 7) is 6.36. The highest BCUT2D eigenvalue weighted by Crippen LogP contribution is 2.12. The van der Waals surface area contributed by atoms with Crippen molar-refractivity contribution in [2.24, 2.45) is 0 Å². The Labute approximate surface area is 387 Å². The first-order valence-corrected chi connectivity index (χ1v) is 25.4. The van der Waals surface area contributed by atoms with E-state index in [1.165, 1.54) is 57.8 Å². The normalized spacial score (nSPS) is 13.0. The number of hydrogen-bond donors (Lipinski definition) is 0. The summed E-state index contributed by atoms with van der Waals surface area (Å²) in [5.41, 5.74) is 0. The van der Waals surface area contributed by atoms with Crippen molar-refractivity contribution in [3.8, 4) is 0 Å². The lowest BCUT2D eigenvalue weighted by atomic mass is 10.1. The molecule has 6 heteroatoms. The third-order valence-electron chi connectivity index (χ3n) is 10.3. The van der Waals surface area contributed by atoms with Crippen LogP contribution in [0.1, 0.15) is 213 Å². The zero-order valence-corrected chi connectivity index (χ0v) is 40.5. The molecule has 0 aliphatic carbocycles. The van der Waals surface area contributed by atoms with Crippen LogP contribution in [0.2, 0.25) is 0 Å². The second-order valence-corrected chi connectivity index (χ2v) is 16.4. The van der Waals surface area contributed by atoms with Crippen molar-refractivity contribution < 1.29 is 28.6 Å². The second kappa shape index (κ2) is 50.7. The van der Waals surface area contributed by atoms with E-state index in [4.69, 9.17) is 14.2 Å². The molecule has 0 spiro atoms. The van der Waals surface area contributed by atoms with Crippen molar-refractivity contribution in [3.05, 3.63) is 109 Å². The maximum Gasteiger partial charge on any atom is 0.306 e. The van der Waals surface area contributed by atoms with Crippen LogP contribution in [-0.4, -0.2) is 37.2 Å². The Balaban J connectivity index is 4.54. The van der Waals surface area contributed by atoms with E-state index in [2.05, 4.69) is 118 Å². The number of carbonyl (C=O) groups is 3. The number of allylic oxidation sites excluding steroid dienone is 18. The van der Waals surface area contributed by atoms with Crippen LogP contribution in [0.15, 0.2) is 109 Å². The Hall–Kier alpha value is -3.93. The van der Waals surface area contributed by atoms with Gasteiger partial charge in [0.1, 0.15) is 13.2 Å². The molecular formula is C57H92O6. The third kappa shape index (κ3) is 49.0. The lowest BCUT2D eigenvalue weighted by Gasteiger charge is -2.18. The van der Waals surface area contributed by atoms with Gasteiger partial charge in [0, 0.05) is 19.3 Å². The molecule has 0 amide bonds. The fourth-order valence-corrected chi connectivity index (χ4v) is 6.47. The summed E-state index contributed by atoms with van der Waals surface area (Å²) in [6.07, 6.45) is 68.0. The second-order valence-electron chi connectivity index (χ2n) is 16.4. The molecule has 0 N–H and O–H groups in total. The first-order chi connectivity index (χ1) is 31.0. The van der Waals surface area contributed by atoms with Crippen molar-refractivity contribution in [2.45, 2.75) is 219 Å². The van der Waals surface area contributed by atoms with Crippen LogP contribution in [0.3, 0.4) is 0 Å². The number of carbonyl (C=O) groups excluding carboxylic acids is 3. The quantitative estimate of drug-likeness (QED) is 0.0199.